The van der Waals surface area contributed by atoms with Crippen LogP contribution < -0.4 is 10.5 Å². The highest BCUT2D eigenvalue weighted by Crippen LogP contribution is 2.33. The quantitative estimate of drug-likeness (QED) is 0.627. The first kappa shape index (κ1) is 14.9. The maximum absolute atomic E-state index is 10.2. The predicted octanol–water partition coefficient (Wildman–Crippen LogP) is -1.32. The van der Waals surface area contributed by atoms with Gasteiger partial charge in [0.25, 0.3) is 0 Å². The fourth-order valence-corrected chi connectivity index (χ4v) is 2.50. The molecule has 0 saturated carbocycles. The molecule has 10 heteroatoms. The Hall–Kier alpha value is -2.01. The molecule has 1 aliphatic rings. The van der Waals surface area contributed by atoms with Gasteiger partial charge >= 0.3 is 0 Å². The normalized spacial score (nSPS) is 28.4. The van der Waals surface area contributed by atoms with Crippen molar-refractivity contribution in [2.24, 2.45) is 0 Å². The number of hydrogen-bond donors (Lipinski definition) is 3. The number of nitrogens with two attached hydrogens (primary N) is 1. The van der Waals surface area contributed by atoms with Crippen LogP contribution in [0, 0.1) is 0 Å². The number of ether oxygens (including phenoxy) is 3. The third-order valence-corrected chi connectivity index (χ3v) is 3.54. The first-order chi connectivity index (χ1) is 10.6. The summed E-state index contributed by atoms with van der Waals surface area (Å²) in [6, 6.07) is 0. The molecular weight excluding hydrogens is 294 g/mol. The summed E-state index contributed by atoms with van der Waals surface area (Å²) in [6.07, 6.45) is -2.32. The molecule has 3 heterocycles. The van der Waals surface area contributed by atoms with Gasteiger partial charge in [0.2, 0.25) is 11.8 Å². The van der Waals surface area contributed by atoms with Crippen molar-refractivity contribution in [1.82, 2.24) is 19.5 Å². The number of aliphatic hydroxyl groups excluding tert-OH is 2. The van der Waals surface area contributed by atoms with E-state index >= 15 is 0 Å². The van der Waals surface area contributed by atoms with Gasteiger partial charge < -0.3 is 30.2 Å². The Bertz CT molecular complexity index is 677. The Labute approximate surface area is 125 Å². The van der Waals surface area contributed by atoms with E-state index in [2.05, 4.69) is 15.0 Å². The van der Waals surface area contributed by atoms with Crippen molar-refractivity contribution < 1.29 is 24.4 Å². The molecule has 0 radical (unpaired) electrons. The summed E-state index contributed by atoms with van der Waals surface area (Å²) in [7, 11) is 2.93. The van der Waals surface area contributed by atoms with Gasteiger partial charge in [0.1, 0.15) is 18.3 Å². The van der Waals surface area contributed by atoms with Gasteiger partial charge in [-0.1, -0.05) is 0 Å². The number of fused-ring (bicyclic) bond motifs is 1. The molecule has 0 amide bonds. The van der Waals surface area contributed by atoms with E-state index in [0.717, 1.165) is 0 Å². The zero-order valence-corrected chi connectivity index (χ0v) is 12.1. The maximum atomic E-state index is 10.2. The highest BCUT2D eigenvalue weighted by molar-refractivity contribution is 5.77. The second-order valence-corrected chi connectivity index (χ2v) is 4.92. The Morgan fingerprint density at radius 2 is 2.09 bits per heavy atom. The van der Waals surface area contributed by atoms with Gasteiger partial charge in [0.05, 0.1) is 20.0 Å². The largest absolute Gasteiger partial charge is 0.479 e. The summed E-state index contributed by atoms with van der Waals surface area (Å²) in [5.41, 5.74) is 6.38. The summed E-state index contributed by atoms with van der Waals surface area (Å²) >= 11 is 0. The maximum Gasteiger partial charge on any atom is 0.246 e. The molecule has 0 aromatic carbocycles. The molecule has 2 aromatic rings. The van der Waals surface area contributed by atoms with E-state index in [1.54, 1.807) is 0 Å². The average Bonchev–Trinajstić information content (AvgIpc) is 3.03. The van der Waals surface area contributed by atoms with Crippen molar-refractivity contribution in [2.75, 3.05) is 26.6 Å². The molecule has 1 aliphatic heterocycles. The first-order valence-corrected chi connectivity index (χ1v) is 6.61. The number of nitrogens with zero attached hydrogens (tertiary/aromatic N) is 4. The van der Waals surface area contributed by atoms with Crippen molar-refractivity contribution in [3.05, 3.63) is 6.33 Å². The fourth-order valence-electron chi connectivity index (χ4n) is 2.50. The highest BCUT2D eigenvalue weighted by atomic mass is 16.6. The zero-order valence-electron chi connectivity index (χ0n) is 12.1. The standard InChI is InChI=1S/C12H17N5O5/c1-20-3-5-7(18)8(19)11(22-5)17-4-14-6-9(17)15-12(13)16-10(6)21-2/h4-5,7-8,11,18-19H,3H2,1-2H3,(H2,13,15,16). The van der Waals surface area contributed by atoms with Gasteiger partial charge in [-0.3, -0.25) is 4.57 Å². The minimum absolute atomic E-state index is 0.00702. The van der Waals surface area contributed by atoms with E-state index in [1.165, 1.54) is 25.1 Å². The number of hydrogen-bond acceptors (Lipinski definition) is 9. The lowest BCUT2D eigenvalue weighted by Gasteiger charge is -2.16. The zero-order chi connectivity index (χ0) is 15.9. The van der Waals surface area contributed by atoms with Crippen LogP contribution in [0.4, 0.5) is 5.95 Å². The molecular formula is C12H17N5O5. The van der Waals surface area contributed by atoms with Crippen LogP contribution >= 0.6 is 0 Å². The molecule has 4 N–H and O–H groups in total. The van der Waals surface area contributed by atoms with Gasteiger partial charge in [0.15, 0.2) is 17.4 Å². The fraction of sp³-hybridized carbons (Fsp3) is 0.583. The van der Waals surface area contributed by atoms with Gasteiger partial charge in [-0.2, -0.15) is 9.97 Å². The van der Waals surface area contributed by atoms with Crippen molar-refractivity contribution in [3.63, 3.8) is 0 Å². The lowest BCUT2D eigenvalue weighted by Crippen LogP contribution is -2.33. The third-order valence-electron chi connectivity index (χ3n) is 3.54. The minimum atomic E-state index is -1.15. The molecule has 3 rings (SSSR count). The van der Waals surface area contributed by atoms with E-state index in [4.69, 9.17) is 19.9 Å². The number of imidazole rings is 1. The molecule has 0 bridgehead atoms. The number of aliphatic hydroxyl groups is 2. The summed E-state index contributed by atoms with van der Waals surface area (Å²) in [6.45, 7) is 0.155. The number of nitrogen functional groups attached to an aromatic ring is 1. The SMILES string of the molecule is COCC1OC(n2cnc3c(OC)nc(N)nc32)C(O)C1O. The Kier molecular flexibility index (Phi) is 3.83. The van der Waals surface area contributed by atoms with Crippen LogP contribution in [0.2, 0.25) is 0 Å². The van der Waals surface area contributed by atoms with E-state index in [9.17, 15) is 10.2 Å². The molecule has 0 aliphatic carbocycles. The van der Waals surface area contributed by atoms with Crippen molar-refractivity contribution in [3.8, 4) is 5.88 Å². The van der Waals surface area contributed by atoms with E-state index in [-0.39, 0.29) is 18.4 Å². The van der Waals surface area contributed by atoms with Crippen LogP contribution in [0.5, 0.6) is 5.88 Å². The van der Waals surface area contributed by atoms with Crippen molar-refractivity contribution in [2.45, 2.75) is 24.5 Å². The lowest BCUT2D eigenvalue weighted by molar-refractivity contribution is -0.0580. The summed E-state index contributed by atoms with van der Waals surface area (Å²) in [5, 5.41) is 20.2. The molecule has 22 heavy (non-hydrogen) atoms. The highest BCUT2D eigenvalue weighted by Gasteiger charge is 2.44. The Morgan fingerprint density at radius 3 is 2.77 bits per heavy atom. The average molecular weight is 311 g/mol. The molecule has 2 aromatic heterocycles. The van der Waals surface area contributed by atoms with Crippen LogP contribution in [-0.4, -0.2) is 68.9 Å². The van der Waals surface area contributed by atoms with Crippen LogP contribution in [0.25, 0.3) is 11.2 Å². The second-order valence-electron chi connectivity index (χ2n) is 4.92. The number of aromatic nitrogens is 4. The van der Waals surface area contributed by atoms with Gasteiger partial charge in [-0.05, 0) is 0 Å². The van der Waals surface area contributed by atoms with Gasteiger partial charge in [0, 0.05) is 7.11 Å². The van der Waals surface area contributed by atoms with Crippen LogP contribution in [-0.2, 0) is 9.47 Å². The van der Waals surface area contributed by atoms with Gasteiger partial charge in [-0.25, -0.2) is 4.98 Å². The van der Waals surface area contributed by atoms with E-state index in [0.29, 0.717) is 11.2 Å². The van der Waals surface area contributed by atoms with Crippen LogP contribution in [0.3, 0.4) is 0 Å². The molecule has 4 unspecified atom stereocenters. The predicted molar refractivity (Wildman–Crippen MR) is 74.1 cm³/mol. The monoisotopic (exact) mass is 311 g/mol. The first-order valence-electron chi connectivity index (χ1n) is 6.61. The lowest BCUT2D eigenvalue weighted by atomic mass is 10.1. The van der Waals surface area contributed by atoms with Crippen LogP contribution in [0.1, 0.15) is 6.23 Å². The molecule has 120 valence electrons. The smallest absolute Gasteiger partial charge is 0.246 e. The molecule has 4 atom stereocenters. The Balaban J connectivity index is 2.02. The topological polar surface area (TPSA) is 138 Å². The summed E-state index contributed by atoms with van der Waals surface area (Å²) < 4.78 is 17.2. The van der Waals surface area contributed by atoms with Crippen molar-refractivity contribution in [1.29, 1.82) is 0 Å². The van der Waals surface area contributed by atoms with Crippen molar-refractivity contribution >= 4 is 17.1 Å². The molecule has 1 fully saturated rings. The summed E-state index contributed by atoms with van der Waals surface area (Å²) in [4.78, 5) is 12.2. The molecule has 1 saturated heterocycles. The van der Waals surface area contributed by atoms with Gasteiger partial charge in [-0.15, -0.1) is 0 Å². The van der Waals surface area contributed by atoms with Crippen LogP contribution in [0.15, 0.2) is 6.33 Å². The molecule has 10 nitrogen and oxygen atoms in total. The van der Waals surface area contributed by atoms with E-state index in [1.807, 2.05) is 0 Å². The number of rotatable bonds is 4. The number of anilines is 1. The minimum Gasteiger partial charge on any atom is -0.479 e. The van der Waals surface area contributed by atoms with E-state index < -0.39 is 24.5 Å². The Morgan fingerprint density at radius 1 is 1.32 bits per heavy atom. The molecule has 0 spiro atoms. The second kappa shape index (κ2) is 5.65. The number of methoxy groups -OCH3 is 2. The third kappa shape index (κ3) is 2.25. The summed E-state index contributed by atoms with van der Waals surface area (Å²) in [5.74, 6) is 0.232.